The second kappa shape index (κ2) is 7.47. The topological polar surface area (TPSA) is 62.7 Å². The molecule has 1 aromatic heterocycles. The Morgan fingerprint density at radius 3 is 2.62 bits per heavy atom. The van der Waals surface area contributed by atoms with Crippen molar-refractivity contribution >= 4 is 40.7 Å². The smallest absolute Gasteiger partial charge is 0.249 e. The van der Waals surface area contributed by atoms with E-state index in [4.69, 9.17) is 23.2 Å². The van der Waals surface area contributed by atoms with E-state index in [1.807, 2.05) is 49.4 Å². The molecule has 0 fully saturated rings. The molecule has 0 bridgehead atoms. The van der Waals surface area contributed by atoms with Crippen LogP contribution in [0.1, 0.15) is 11.1 Å². The highest BCUT2D eigenvalue weighted by molar-refractivity contribution is 6.31. The van der Waals surface area contributed by atoms with Crippen molar-refractivity contribution < 1.29 is 0 Å². The molecule has 2 aromatic carbocycles. The van der Waals surface area contributed by atoms with E-state index in [1.165, 1.54) is 0 Å². The molecule has 0 saturated heterocycles. The predicted molar refractivity (Wildman–Crippen MR) is 98.1 cm³/mol. The number of nitrogens with one attached hydrogen (secondary N) is 2. The summed E-state index contributed by atoms with van der Waals surface area (Å²) in [4.78, 5) is 4.41. The molecule has 0 aliphatic heterocycles. The van der Waals surface area contributed by atoms with Crippen molar-refractivity contribution in [2.45, 2.75) is 13.5 Å². The molecule has 3 rings (SSSR count). The molecule has 5 nitrogen and oxygen atoms in total. The molecule has 0 atom stereocenters. The highest BCUT2D eigenvalue weighted by Crippen LogP contribution is 2.25. The van der Waals surface area contributed by atoms with Gasteiger partial charge in [0.25, 0.3) is 0 Å². The second-order valence-electron chi connectivity index (χ2n) is 5.18. The van der Waals surface area contributed by atoms with Crippen LogP contribution in [0, 0.1) is 6.92 Å². The molecule has 7 heteroatoms. The average Bonchev–Trinajstić information content (AvgIpc) is 2.59. The molecular weight excluding hydrogens is 345 g/mol. The lowest BCUT2D eigenvalue weighted by atomic mass is 10.2. The third-order valence-electron chi connectivity index (χ3n) is 3.46. The van der Waals surface area contributed by atoms with E-state index in [9.17, 15) is 0 Å². The summed E-state index contributed by atoms with van der Waals surface area (Å²) in [5, 5.41) is 15.7. The second-order valence-corrected chi connectivity index (χ2v) is 6.03. The van der Waals surface area contributed by atoms with Crippen molar-refractivity contribution in [3.63, 3.8) is 0 Å². The van der Waals surface area contributed by atoms with E-state index < -0.39 is 0 Å². The summed E-state index contributed by atoms with van der Waals surface area (Å²) in [7, 11) is 0. The Morgan fingerprint density at radius 2 is 1.83 bits per heavy atom. The van der Waals surface area contributed by atoms with Crippen LogP contribution in [0.4, 0.5) is 17.5 Å². The van der Waals surface area contributed by atoms with Crippen molar-refractivity contribution in [1.82, 2.24) is 15.2 Å². The van der Waals surface area contributed by atoms with Gasteiger partial charge in [0.1, 0.15) is 0 Å². The Morgan fingerprint density at radius 1 is 1.04 bits per heavy atom. The van der Waals surface area contributed by atoms with Crippen molar-refractivity contribution in [3.8, 4) is 0 Å². The summed E-state index contributed by atoms with van der Waals surface area (Å²) < 4.78 is 0. The maximum absolute atomic E-state index is 6.12. The zero-order chi connectivity index (χ0) is 16.9. The van der Waals surface area contributed by atoms with Crippen molar-refractivity contribution in [3.05, 3.63) is 69.8 Å². The lowest BCUT2D eigenvalue weighted by Gasteiger charge is -2.10. The quantitative estimate of drug-likeness (QED) is 0.682. The van der Waals surface area contributed by atoms with Gasteiger partial charge in [-0.25, -0.2) is 0 Å². The van der Waals surface area contributed by atoms with E-state index in [2.05, 4.69) is 25.8 Å². The zero-order valence-electron chi connectivity index (χ0n) is 12.9. The van der Waals surface area contributed by atoms with Crippen LogP contribution in [-0.4, -0.2) is 15.2 Å². The molecule has 24 heavy (non-hydrogen) atoms. The van der Waals surface area contributed by atoms with Crippen LogP contribution in [0.5, 0.6) is 0 Å². The first kappa shape index (κ1) is 16.5. The van der Waals surface area contributed by atoms with Crippen LogP contribution in [0.2, 0.25) is 10.0 Å². The lowest BCUT2D eigenvalue weighted by molar-refractivity contribution is 0.965. The van der Waals surface area contributed by atoms with E-state index >= 15 is 0 Å². The van der Waals surface area contributed by atoms with Crippen molar-refractivity contribution in [2.75, 3.05) is 10.6 Å². The molecule has 0 saturated carbocycles. The molecule has 3 aromatic rings. The van der Waals surface area contributed by atoms with Gasteiger partial charge in [-0.15, -0.1) is 5.10 Å². The SMILES string of the molecule is Cc1c(Cl)cccc1Nc1nncc(NCc2ccc(Cl)cc2)n1. The molecule has 0 aliphatic rings. The lowest BCUT2D eigenvalue weighted by Crippen LogP contribution is -2.06. The summed E-state index contributed by atoms with van der Waals surface area (Å²) in [6.07, 6.45) is 1.58. The highest BCUT2D eigenvalue weighted by Gasteiger charge is 2.05. The molecule has 0 amide bonds. The molecule has 2 N–H and O–H groups in total. The van der Waals surface area contributed by atoms with Gasteiger partial charge in [0.15, 0.2) is 5.82 Å². The van der Waals surface area contributed by atoms with Crippen molar-refractivity contribution in [1.29, 1.82) is 0 Å². The van der Waals surface area contributed by atoms with Crippen LogP contribution in [0.25, 0.3) is 0 Å². The molecule has 0 unspecified atom stereocenters. The minimum atomic E-state index is 0.404. The summed E-state index contributed by atoms with van der Waals surface area (Å²) in [5.74, 6) is 1.03. The summed E-state index contributed by atoms with van der Waals surface area (Å²) in [6, 6.07) is 13.2. The Balaban J connectivity index is 1.69. The third kappa shape index (κ3) is 4.13. The predicted octanol–water partition coefficient (Wildman–Crippen LogP) is 4.84. The Hall–Kier alpha value is -2.37. The van der Waals surface area contributed by atoms with Crippen LogP contribution in [0.3, 0.4) is 0 Å². The van der Waals surface area contributed by atoms with Crippen molar-refractivity contribution in [2.24, 2.45) is 0 Å². The minimum Gasteiger partial charge on any atom is -0.365 e. The highest BCUT2D eigenvalue weighted by atomic mass is 35.5. The number of nitrogens with zero attached hydrogens (tertiary/aromatic N) is 3. The van der Waals surface area contributed by atoms with Gasteiger partial charge in [-0.05, 0) is 42.3 Å². The molecule has 0 spiro atoms. The summed E-state index contributed by atoms with van der Waals surface area (Å²) in [5.41, 5.74) is 2.87. The summed E-state index contributed by atoms with van der Waals surface area (Å²) >= 11 is 12.0. The first-order valence-corrected chi connectivity index (χ1v) is 8.07. The maximum Gasteiger partial charge on any atom is 0.249 e. The molecule has 0 aliphatic carbocycles. The van der Waals surface area contributed by atoms with Gasteiger partial charge in [-0.2, -0.15) is 10.1 Å². The molecule has 1 heterocycles. The minimum absolute atomic E-state index is 0.404. The number of anilines is 3. The van der Waals surface area contributed by atoms with Gasteiger partial charge in [0, 0.05) is 22.3 Å². The number of halogens is 2. The van der Waals surface area contributed by atoms with Crippen LogP contribution < -0.4 is 10.6 Å². The average molecular weight is 360 g/mol. The number of rotatable bonds is 5. The number of benzene rings is 2. The van der Waals surface area contributed by atoms with Gasteiger partial charge >= 0.3 is 0 Å². The fraction of sp³-hybridized carbons (Fsp3) is 0.118. The first-order chi connectivity index (χ1) is 11.6. The number of hydrogen-bond acceptors (Lipinski definition) is 5. The Labute approximate surface area is 150 Å². The van der Waals surface area contributed by atoms with Gasteiger partial charge < -0.3 is 10.6 Å². The summed E-state index contributed by atoms with van der Waals surface area (Å²) in [6.45, 7) is 2.55. The number of aromatic nitrogens is 3. The molecule has 0 radical (unpaired) electrons. The van der Waals surface area contributed by atoms with Gasteiger partial charge in [-0.3, -0.25) is 0 Å². The van der Waals surface area contributed by atoms with Crippen LogP contribution >= 0.6 is 23.2 Å². The maximum atomic E-state index is 6.12. The first-order valence-electron chi connectivity index (χ1n) is 7.32. The third-order valence-corrected chi connectivity index (χ3v) is 4.12. The number of hydrogen-bond donors (Lipinski definition) is 2. The Kier molecular flexibility index (Phi) is 5.13. The van der Waals surface area contributed by atoms with Gasteiger partial charge in [-0.1, -0.05) is 41.4 Å². The van der Waals surface area contributed by atoms with Gasteiger partial charge in [0.2, 0.25) is 5.95 Å². The van der Waals surface area contributed by atoms with Crippen LogP contribution in [0.15, 0.2) is 48.7 Å². The monoisotopic (exact) mass is 359 g/mol. The standard InChI is InChI=1S/C17H15Cl2N5/c1-11-14(19)3-2-4-15(11)22-17-23-16(10-21-24-17)20-9-12-5-7-13(18)8-6-12/h2-8,10H,9H2,1H3,(H2,20,22,23,24). The van der Waals surface area contributed by atoms with E-state index in [1.54, 1.807) is 6.20 Å². The fourth-order valence-corrected chi connectivity index (χ4v) is 2.40. The van der Waals surface area contributed by atoms with Gasteiger partial charge in [0.05, 0.1) is 6.20 Å². The zero-order valence-corrected chi connectivity index (χ0v) is 14.4. The molecule has 122 valence electrons. The Bertz CT molecular complexity index is 837. The van der Waals surface area contributed by atoms with E-state index in [0.29, 0.717) is 28.4 Å². The normalized spacial score (nSPS) is 10.5. The molecular formula is C17H15Cl2N5. The van der Waals surface area contributed by atoms with E-state index in [-0.39, 0.29) is 0 Å². The largest absolute Gasteiger partial charge is 0.365 e. The van der Waals surface area contributed by atoms with Crippen LogP contribution in [-0.2, 0) is 6.54 Å². The fourth-order valence-electron chi connectivity index (χ4n) is 2.10. The van der Waals surface area contributed by atoms with E-state index in [0.717, 1.165) is 16.8 Å².